The Balaban J connectivity index is 1.41. The summed E-state index contributed by atoms with van der Waals surface area (Å²) in [5, 5.41) is 4.06. The summed E-state index contributed by atoms with van der Waals surface area (Å²) < 4.78 is 39.7. The van der Waals surface area contributed by atoms with Crippen molar-refractivity contribution in [3.05, 3.63) is 89.5 Å². The van der Waals surface area contributed by atoms with Crippen LogP contribution in [-0.4, -0.2) is 44.5 Å². The molecule has 0 radical (unpaired) electrons. The molecule has 0 aromatic heterocycles. The fraction of sp³-hybridized carbons (Fsp3) is 0.333. The van der Waals surface area contributed by atoms with Crippen LogP contribution >= 0.6 is 0 Å². The number of hydrogen-bond donors (Lipinski definition) is 1. The van der Waals surface area contributed by atoms with Crippen molar-refractivity contribution in [1.82, 2.24) is 9.73 Å². The number of carbonyl (C=O) groups excluding carboxylic acids is 1. The molecule has 0 aliphatic heterocycles. The zero-order valence-corrected chi connectivity index (χ0v) is 23.2. The van der Waals surface area contributed by atoms with Gasteiger partial charge in [-0.3, -0.25) is 4.79 Å². The zero-order chi connectivity index (χ0) is 27.7. The van der Waals surface area contributed by atoms with Crippen LogP contribution < -0.4 is 14.9 Å². The highest BCUT2D eigenvalue weighted by Crippen LogP contribution is 2.29. The molecule has 0 atom stereocenters. The third-order valence-electron chi connectivity index (χ3n) is 6.74. The lowest BCUT2D eigenvalue weighted by molar-refractivity contribution is -0.121. The summed E-state index contributed by atoms with van der Waals surface area (Å²) in [7, 11) is -2.28. The Morgan fingerprint density at radius 2 is 1.72 bits per heavy atom. The molecule has 0 bridgehead atoms. The van der Waals surface area contributed by atoms with Crippen molar-refractivity contribution in [3.63, 3.8) is 0 Å². The number of carbonyl (C=O) groups is 1. The summed E-state index contributed by atoms with van der Waals surface area (Å²) in [6, 6.07) is 21.7. The van der Waals surface area contributed by atoms with Crippen LogP contribution in [0.2, 0.25) is 0 Å². The van der Waals surface area contributed by atoms with Crippen LogP contribution in [0.4, 0.5) is 0 Å². The SMILES string of the molecule is COc1cc(/C=N\NC(=O)CN(C2CCCCC2)S(=O)(=O)c2ccc(C)cc2)ccc1OCc1ccccc1. The van der Waals surface area contributed by atoms with Gasteiger partial charge in [0.2, 0.25) is 10.0 Å². The van der Waals surface area contributed by atoms with E-state index < -0.39 is 15.9 Å². The lowest BCUT2D eigenvalue weighted by atomic mass is 9.95. The van der Waals surface area contributed by atoms with Crippen molar-refractivity contribution < 1.29 is 22.7 Å². The number of methoxy groups -OCH3 is 1. The molecule has 39 heavy (non-hydrogen) atoms. The Bertz CT molecular complexity index is 1370. The van der Waals surface area contributed by atoms with Crippen LogP contribution in [0, 0.1) is 6.92 Å². The standard InChI is InChI=1S/C30H35N3O5S/c1-23-13-16-27(17-14-23)39(35,36)33(26-11-7-4-8-12-26)21-30(34)32-31-20-25-15-18-28(29(19-25)37-2)38-22-24-9-5-3-6-10-24/h3,5-6,9-10,13-20,26H,4,7-8,11-12,21-22H2,1-2H3,(H,32,34)/b31-20-. The van der Waals surface area contributed by atoms with Gasteiger partial charge in [-0.05, 0) is 61.2 Å². The zero-order valence-electron chi connectivity index (χ0n) is 22.4. The van der Waals surface area contributed by atoms with Crippen molar-refractivity contribution in [2.24, 2.45) is 5.10 Å². The maximum absolute atomic E-state index is 13.5. The molecule has 0 heterocycles. The Labute approximate surface area is 230 Å². The quantitative estimate of drug-likeness (QED) is 0.267. The monoisotopic (exact) mass is 549 g/mol. The smallest absolute Gasteiger partial charge is 0.255 e. The highest BCUT2D eigenvalue weighted by Gasteiger charge is 2.33. The number of rotatable bonds is 11. The minimum absolute atomic E-state index is 0.191. The minimum Gasteiger partial charge on any atom is -0.493 e. The van der Waals surface area contributed by atoms with Gasteiger partial charge in [0.25, 0.3) is 5.91 Å². The van der Waals surface area contributed by atoms with E-state index in [1.807, 2.05) is 37.3 Å². The molecule has 0 spiro atoms. The Morgan fingerprint density at radius 1 is 1.00 bits per heavy atom. The number of nitrogens with zero attached hydrogens (tertiary/aromatic N) is 2. The number of nitrogens with one attached hydrogen (secondary N) is 1. The third kappa shape index (κ3) is 7.68. The summed E-state index contributed by atoms with van der Waals surface area (Å²) in [4.78, 5) is 13.0. The predicted molar refractivity (Wildman–Crippen MR) is 151 cm³/mol. The first-order valence-corrected chi connectivity index (χ1v) is 14.6. The minimum atomic E-state index is -3.84. The fourth-order valence-electron chi connectivity index (χ4n) is 4.60. The van der Waals surface area contributed by atoms with Crippen LogP contribution in [-0.2, 0) is 21.4 Å². The van der Waals surface area contributed by atoms with Crippen molar-refractivity contribution in [2.45, 2.75) is 56.6 Å². The van der Waals surface area contributed by atoms with Crippen LogP contribution in [0.15, 0.2) is 82.8 Å². The molecule has 0 unspecified atom stereocenters. The Morgan fingerprint density at radius 3 is 2.41 bits per heavy atom. The molecule has 1 fully saturated rings. The lowest BCUT2D eigenvalue weighted by Crippen LogP contribution is -2.46. The van der Waals surface area contributed by atoms with E-state index >= 15 is 0 Å². The number of amides is 1. The van der Waals surface area contributed by atoms with Crippen LogP contribution in [0.25, 0.3) is 0 Å². The Kier molecular flexibility index (Phi) is 9.73. The number of sulfonamides is 1. The van der Waals surface area contributed by atoms with Crippen molar-refractivity contribution in [3.8, 4) is 11.5 Å². The molecular formula is C30H35N3O5S. The second-order valence-corrected chi connectivity index (χ2v) is 11.5. The predicted octanol–water partition coefficient (Wildman–Crippen LogP) is 5.06. The largest absolute Gasteiger partial charge is 0.493 e. The highest BCUT2D eigenvalue weighted by atomic mass is 32.2. The maximum atomic E-state index is 13.5. The molecule has 1 saturated carbocycles. The van der Waals surface area contributed by atoms with E-state index in [9.17, 15) is 13.2 Å². The number of hydrazone groups is 1. The van der Waals surface area contributed by atoms with E-state index in [1.54, 1.807) is 49.6 Å². The van der Waals surface area contributed by atoms with Crippen LogP contribution in [0.5, 0.6) is 11.5 Å². The van der Waals surface area contributed by atoms with E-state index in [2.05, 4.69) is 10.5 Å². The average molecular weight is 550 g/mol. The van der Waals surface area contributed by atoms with E-state index in [-0.39, 0.29) is 17.5 Å². The lowest BCUT2D eigenvalue weighted by Gasteiger charge is -2.32. The first-order valence-electron chi connectivity index (χ1n) is 13.1. The van der Waals surface area contributed by atoms with Gasteiger partial charge in [0, 0.05) is 6.04 Å². The van der Waals surface area contributed by atoms with Gasteiger partial charge >= 0.3 is 0 Å². The van der Waals surface area contributed by atoms with E-state index in [4.69, 9.17) is 9.47 Å². The summed E-state index contributed by atoms with van der Waals surface area (Å²) in [5.74, 6) is 0.628. The molecule has 4 rings (SSSR count). The van der Waals surface area contributed by atoms with Crippen molar-refractivity contribution in [2.75, 3.05) is 13.7 Å². The number of ether oxygens (including phenoxy) is 2. The highest BCUT2D eigenvalue weighted by molar-refractivity contribution is 7.89. The van der Waals surface area contributed by atoms with Gasteiger partial charge in [-0.15, -0.1) is 0 Å². The number of hydrogen-bond acceptors (Lipinski definition) is 6. The van der Waals surface area contributed by atoms with Gasteiger partial charge in [-0.2, -0.15) is 9.41 Å². The maximum Gasteiger partial charge on any atom is 0.255 e. The first kappa shape index (κ1) is 28.3. The summed E-state index contributed by atoms with van der Waals surface area (Å²) in [5.41, 5.74) is 5.19. The van der Waals surface area contributed by atoms with E-state index in [0.29, 0.717) is 23.7 Å². The van der Waals surface area contributed by atoms with Crippen LogP contribution in [0.3, 0.4) is 0 Å². The van der Waals surface area contributed by atoms with Gasteiger partial charge in [-0.1, -0.05) is 67.3 Å². The van der Waals surface area contributed by atoms with Crippen LogP contribution in [0.1, 0.15) is 48.8 Å². The van der Waals surface area contributed by atoms with Gasteiger partial charge in [-0.25, -0.2) is 13.8 Å². The van der Waals surface area contributed by atoms with Gasteiger partial charge in [0.15, 0.2) is 11.5 Å². The molecule has 1 aliphatic rings. The van der Waals surface area contributed by atoms with E-state index in [0.717, 1.165) is 43.2 Å². The topological polar surface area (TPSA) is 97.3 Å². The third-order valence-corrected chi connectivity index (χ3v) is 8.65. The van der Waals surface area contributed by atoms with Gasteiger partial charge in [0.1, 0.15) is 6.61 Å². The molecule has 3 aromatic rings. The molecular weight excluding hydrogens is 514 g/mol. The molecule has 1 amide bonds. The average Bonchev–Trinajstić information content (AvgIpc) is 2.96. The Hall–Kier alpha value is -3.69. The molecule has 8 nitrogen and oxygen atoms in total. The summed E-state index contributed by atoms with van der Waals surface area (Å²) in [6.07, 6.45) is 5.92. The van der Waals surface area contributed by atoms with Crippen molar-refractivity contribution in [1.29, 1.82) is 0 Å². The van der Waals surface area contributed by atoms with Gasteiger partial charge in [0.05, 0.1) is 24.8 Å². The number of aryl methyl sites for hydroxylation is 1. The normalized spacial score (nSPS) is 14.4. The molecule has 0 saturated heterocycles. The fourth-order valence-corrected chi connectivity index (χ4v) is 6.24. The van der Waals surface area contributed by atoms with E-state index in [1.165, 1.54) is 10.5 Å². The number of benzene rings is 3. The molecule has 1 N–H and O–H groups in total. The molecule has 3 aromatic carbocycles. The second-order valence-electron chi connectivity index (χ2n) is 9.63. The van der Waals surface area contributed by atoms with Gasteiger partial charge < -0.3 is 9.47 Å². The first-order chi connectivity index (χ1) is 18.9. The van der Waals surface area contributed by atoms with Crippen molar-refractivity contribution >= 4 is 22.1 Å². The molecule has 1 aliphatic carbocycles. The summed E-state index contributed by atoms with van der Waals surface area (Å²) in [6.45, 7) is 2.01. The summed E-state index contributed by atoms with van der Waals surface area (Å²) >= 11 is 0. The second kappa shape index (κ2) is 13.4. The molecule has 9 heteroatoms. The molecule has 206 valence electrons.